The standard InChI is InChI=1S/C10H9NO.CH5N/c1-7-6-8-4-2-3-5-9(8)10(12)11-7;1-2/h2-6H,1H3,(H,11,12);2H2,1H3/i/hT. The highest BCUT2D eigenvalue weighted by molar-refractivity contribution is 5.81. The van der Waals surface area contributed by atoms with Crippen molar-refractivity contribution in [1.82, 2.24) is 4.98 Å². The maximum absolute atomic E-state index is 11.3. The van der Waals surface area contributed by atoms with Crippen LogP contribution in [0.3, 0.4) is 0 Å². The van der Waals surface area contributed by atoms with Gasteiger partial charge >= 0.3 is 0 Å². The van der Waals surface area contributed by atoms with Gasteiger partial charge in [0.15, 0.2) is 0 Å². The molecule has 2 rings (SSSR count). The molecule has 0 saturated heterocycles. The van der Waals surface area contributed by atoms with E-state index in [4.69, 9.17) is 1.41 Å². The van der Waals surface area contributed by atoms with Gasteiger partial charge in [0.25, 0.3) is 5.56 Å². The van der Waals surface area contributed by atoms with E-state index in [1.807, 2.05) is 43.0 Å². The molecule has 74 valence electrons. The minimum atomic E-state index is -0.00870. The zero-order chi connectivity index (χ0) is 11.3. The molecule has 0 fully saturated rings. The number of H-pyrrole nitrogens is 1. The normalized spacial score (nSPS) is 10.3. The van der Waals surface area contributed by atoms with Gasteiger partial charge < -0.3 is 10.7 Å². The Morgan fingerprint density at radius 3 is 2.79 bits per heavy atom. The van der Waals surface area contributed by atoms with E-state index in [0.717, 1.165) is 16.5 Å². The summed E-state index contributed by atoms with van der Waals surface area (Å²) in [6.45, 7) is 1.88. The first kappa shape index (κ1) is 8.97. The SMILES string of the molecule is Cc1cc2ccccc2c(=O)[nH]1.[3H]NC. The number of fused-ring (bicyclic) bond motifs is 1. The lowest BCUT2D eigenvalue weighted by Gasteiger charge is -1.96. The fraction of sp³-hybridized carbons (Fsp3) is 0.182. The molecule has 0 atom stereocenters. The van der Waals surface area contributed by atoms with Crippen molar-refractivity contribution in [2.24, 2.45) is 5.73 Å². The molecule has 0 aliphatic carbocycles. The van der Waals surface area contributed by atoms with Crippen molar-refractivity contribution in [2.75, 3.05) is 7.05 Å². The summed E-state index contributed by atoms with van der Waals surface area (Å²) in [5.74, 6) is 0. The van der Waals surface area contributed by atoms with Crippen LogP contribution >= 0.6 is 0 Å². The molecule has 3 N–H and O–H groups in total. The lowest BCUT2D eigenvalue weighted by atomic mass is 10.1. The Morgan fingerprint density at radius 1 is 1.43 bits per heavy atom. The number of rotatable bonds is 0. The Balaban J connectivity index is 0.000000337. The highest BCUT2D eigenvalue weighted by Crippen LogP contribution is 2.08. The highest BCUT2D eigenvalue weighted by atomic mass is 16.1. The van der Waals surface area contributed by atoms with Crippen LogP contribution in [-0.2, 0) is 0 Å². The van der Waals surface area contributed by atoms with Gasteiger partial charge in [-0.25, -0.2) is 0 Å². The van der Waals surface area contributed by atoms with Gasteiger partial charge in [-0.1, -0.05) is 18.2 Å². The average molecular weight is 192 g/mol. The number of aromatic nitrogens is 1. The molecule has 0 unspecified atom stereocenters. The minimum Gasteiger partial charge on any atom is -0.333 e. The molecule has 14 heavy (non-hydrogen) atoms. The van der Waals surface area contributed by atoms with Gasteiger partial charge in [0, 0.05) is 11.1 Å². The van der Waals surface area contributed by atoms with Gasteiger partial charge in [0.1, 0.15) is 1.41 Å². The summed E-state index contributed by atoms with van der Waals surface area (Å²) in [5, 5.41) is 1.75. The van der Waals surface area contributed by atoms with Crippen LogP contribution in [-0.4, -0.2) is 12.0 Å². The van der Waals surface area contributed by atoms with E-state index in [0.29, 0.717) is 0 Å². The van der Waals surface area contributed by atoms with E-state index in [-0.39, 0.29) is 5.56 Å². The fourth-order valence-electron chi connectivity index (χ4n) is 1.35. The Bertz CT molecular complexity index is 493. The summed E-state index contributed by atoms with van der Waals surface area (Å²) in [6.07, 6.45) is 0. The van der Waals surface area contributed by atoms with Crippen molar-refractivity contribution in [2.45, 2.75) is 6.92 Å². The van der Waals surface area contributed by atoms with Crippen LogP contribution < -0.4 is 11.3 Å². The molecule has 0 bridgehead atoms. The van der Waals surface area contributed by atoms with Gasteiger partial charge in [-0.2, -0.15) is 0 Å². The maximum atomic E-state index is 11.3. The number of aromatic amines is 1. The minimum absolute atomic E-state index is 0.00870. The van der Waals surface area contributed by atoms with Crippen molar-refractivity contribution in [1.29, 1.82) is 0 Å². The second kappa shape index (κ2) is 4.58. The van der Waals surface area contributed by atoms with Gasteiger partial charge in [-0.15, -0.1) is 0 Å². The lowest BCUT2D eigenvalue weighted by molar-refractivity contribution is 1.17. The van der Waals surface area contributed by atoms with Crippen LogP contribution in [0, 0.1) is 6.92 Å². The zero-order valence-electron chi connectivity index (χ0n) is 9.29. The van der Waals surface area contributed by atoms with Crippen molar-refractivity contribution in [3.63, 3.8) is 0 Å². The molecule has 0 amide bonds. The average Bonchev–Trinajstić information content (AvgIpc) is 2.18. The number of hydrogen-bond acceptors (Lipinski definition) is 2. The zero-order valence-corrected chi connectivity index (χ0v) is 8.29. The van der Waals surface area contributed by atoms with Gasteiger partial charge in [-0.3, -0.25) is 4.79 Å². The monoisotopic (exact) mass is 192 g/mol. The van der Waals surface area contributed by atoms with E-state index in [1.165, 1.54) is 0 Å². The molecule has 1 aromatic heterocycles. The molecule has 0 saturated carbocycles. The highest BCUT2D eigenvalue weighted by Gasteiger charge is 1.96. The second-order valence-corrected chi connectivity index (χ2v) is 2.87. The third kappa shape index (κ3) is 2.00. The maximum Gasteiger partial charge on any atom is 0.256 e. The Labute approximate surface area is 84.0 Å². The predicted octanol–water partition coefficient (Wildman–Crippen LogP) is 1.41. The predicted molar refractivity (Wildman–Crippen MR) is 59.4 cm³/mol. The molecule has 1 heterocycles. The van der Waals surface area contributed by atoms with Gasteiger partial charge in [0.05, 0.1) is 0 Å². The van der Waals surface area contributed by atoms with Crippen LogP contribution in [0.5, 0.6) is 0 Å². The smallest absolute Gasteiger partial charge is 0.256 e. The molecule has 3 heteroatoms. The van der Waals surface area contributed by atoms with Crippen LogP contribution in [0.25, 0.3) is 10.8 Å². The van der Waals surface area contributed by atoms with Crippen LogP contribution in [0.1, 0.15) is 5.69 Å². The summed E-state index contributed by atoms with van der Waals surface area (Å²) in [7, 11) is 1.54. The molecule has 0 aliphatic rings. The molecule has 1 aromatic carbocycles. The molecular formula is C11H14N2O. The third-order valence-electron chi connectivity index (χ3n) is 1.89. The van der Waals surface area contributed by atoms with Crippen molar-refractivity contribution in [3.05, 3.63) is 46.4 Å². The van der Waals surface area contributed by atoms with E-state index in [9.17, 15) is 4.79 Å². The number of nitrogens with two attached hydrogens (primary N) is 1. The largest absolute Gasteiger partial charge is 0.333 e. The quantitative estimate of drug-likeness (QED) is 0.663. The first-order valence-corrected chi connectivity index (χ1v) is 4.36. The summed E-state index contributed by atoms with van der Waals surface area (Å²) in [4.78, 5) is 14.1. The number of aryl methyl sites for hydroxylation is 1. The van der Waals surface area contributed by atoms with Crippen LogP contribution in [0.15, 0.2) is 35.1 Å². The first-order chi connectivity index (χ1) is 7.19. The molecular weight excluding hydrogens is 176 g/mol. The lowest BCUT2D eigenvalue weighted by Crippen LogP contribution is -2.06. The second-order valence-electron chi connectivity index (χ2n) is 2.87. The number of benzene rings is 1. The molecule has 0 radical (unpaired) electrons. The Hall–Kier alpha value is -1.61. The van der Waals surface area contributed by atoms with E-state index >= 15 is 0 Å². The van der Waals surface area contributed by atoms with Gasteiger partial charge in [-0.05, 0) is 31.5 Å². The molecule has 2 aromatic rings. The summed E-state index contributed by atoms with van der Waals surface area (Å²) >= 11 is 0. The van der Waals surface area contributed by atoms with Crippen molar-refractivity contribution >= 4 is 10.8 Å². The number of pyridine rings is 1. The topological polar surface area (TPSA) is 58.9 Å². The summed E-state index contributed by atoms with van der Waals surface area (Å²) in [6, 6.07) is 9.54. The summed E-state index contributed by atoms with van der Waals surface area (Å²) in [5.41, 5.74) is 2.89. The van der Waals surface area contributed by atoms with Crippen LogP contribution in [0.2, 0.25) is 1.41 Å². The molecule has 0 aliphatic heterocycles. The van der Waals surface area contributed by atoms with E-state index in [1.54, 1.807) is 7.05 Å². The van der Waals surface area contributed by atoms with Crippen LogP contribution in [0.4, 0.5) is 0 Å². The molecule has 0 spiro atoms. The third-order valence-corrected chi connectivity index (χ3v) is 1.89. The first-order valence-electron chi connectivity index (χ1n) is 4.86. The number of nitrogens with one attached hydrogen (secondary N) is 1. The van der Waals surface area contributed by atoms with E-state index < -0.39 is 0 Å². The molecule has 3 nitrogen and oxygen atoms in total. The van der Waals surface area contributed by atoms with Crippen molar-refractivity contribution < 1.29 is 1.41 Å². The summed E-state index contributed by atoms with van der Waals surface area (Å²) < 4.78 is 5.96. The fourth-order valence-corrected chi connectivity index (χ4v) is 1.35. The Kier molecular flexibility index (Phi) is 2.93. The van der Waals surface area contributed by atoms with E-state index in [2.05, 4.69) is 4.98 Å². The Morgan fingerprint density at radius 2 is 2.07 bits per heavy atom. The number of hydrogen-bond donors (Lipinski definition) is 2. The van der Waals surface area contributed by atoms with Gasteiger partial charge in [0.2, 0.25) is 0 Å². The van der Waals surface area contributed by atoms with Crippen molar-refractivity contribution in [3.8, 4) is 0 Å².